The van der Waals surface area contributed by atoms with Gasteiger partial charge >= 0.3 is 12.5 Å². The number of aryl methyl sites for hydroxylation is 1. The van der Waals surface area contributed by atoms with Crippen LogP contribution in [0.15, 0.2) is 48.7 Å². The number of rotatable bonds is 5. The summed E-state index contributed by atoms with van der Waals surface area (Å²) in [4.78, 5) is 12.7. The van der Waals surface area contributed by atoms with Gasteiger partial charge in [-0.15, -0.1) is 0 Å². The zero-order chi connectivity index (χ0) is 19.6. The van der Waals surface area contributed by atoms with Crippen LogP contribution in [0.3, 0.4) is 0 Å². The van der Waals surface area contributed by atoms with Gasteiger partial charge in [0.1, 0.15) is 11.4 Å². The first-order valence-electron chi connectivity index (χ1n) is 7.68. The van der Waals surface area contributed by atoms with Crippen LogP contribution in [-0.4, -0.2) is 27.5 Å². The molecule has 0 saturated carbocycles. The fourth-order valence-electron chi connectivity index (χ4n) is 2.26. The van der Waals surface area contributed by atoms with Crippen LogP contribution in [0.5, 0.6) is 5.75 Å². The van der Waals surface area contributed by atoms with Crippen molar-refractivity contribution < 1.29 is 22.3 Å². The predicted octanol–water partition coefficient (Wildman–Crippen LogP) is 5.40. The van der Waals surface area contributed by atoms with Crippen LogP contribution in [0.4, 0.5) is 17.6 Å². The van der Waals surface area contributed by atoms with Crippen molar-refractivity contribution in [2.24, 2.45) is 0 Å². The van der Waals surface area contributed by atoms with Crippen LogP contribution < -0.4 is 4.74 Å². The molecule has 0 spiro atoms. The van der Waals surface area contributed by atoms with E-state index >= 15 is 0 Å². The molecule has 3 rings (SSSR count). The summed E-state index contributed by atoms with van der Waals surface area (Å²) in [6, 6.07) is 10.3. The molecule has 0 fully saturated rings. The van der Waals surface area contributed by atoms with E-state index in [9.17, 15) is 17.6 Å². The number of benzene rings is 1. The summed E-state index contributed by atoms with van der Waals surface area (Å²) in [6.07, 6.45) is -7.10. The molecule has 0 aliphatic rings. The average Bonchev–Trinajstić information content (AvgIpc) is 2.61. The van der Waals surface area contributed by atoms with E-state index in [0.717, 1.165) is 11.8 Å². The number of halogens is 5. The second-order valence-corrected chi connectivity index (χ2v) is 5.97. The molecule has 0 radical (unpaired) electrons. The van der Waals surface area contributed by atoms with Crippen LogP contribution in [0.25, 0.3) is 22.8 Å². The molecule has 0 bridgehead atoms. The maximum atomic E-state index is 13.4. The predicted molar refractivity (Wildman–Crippen MR) is 92.0 cm³/mol. The molecule has 0 saturated heterocycles. The van der Waals surface area contributed by atoms with E-state index in [1.54, 1.807) is 31.3 Å². The van der Waals surface area contributed by atoms with Crippen LogP contribution >= 0.6 is 11.6 Å². The Bertz CT molecular complexity index is 969. The summed E-state index contributed by atoms with van der Waals surface area (Å²) >= 11 is 5.80. The first kappa shape index (κ1) is 19.0. The SMILES string of the molecule is Cc1ccnc(-c2cccc(-c3ccc(Cl)cc3OC(F)(F)C(F)F)n2)n1. The number of hydrogen-bond donors (Lipinski definition) is 0. The maximum Gasteiger partial charge on any atom is 0.461 e. The van der Waals surface area contributed by atoms with Crippen LogP contribution in [0.1, 0.15) is 5.69 Å². The van der Waals surface area contributed by atoms with E-state index in [2.05, 4.69) is 19.7 Å². The van der Waals surface area contributed by atoms with Crippen molar-refractivity contribution in [2.45, 2.75) is 19.5 Å². The Morgan fingerprint density at radius 2 is 1.78 bits per heavy atom. The van der Waals surface area contributed by atoms with Crippen molar-refractivity contribution >= 4 is 11.6 Å². The third-order valence-electron chi connectivity index (χ3n) is 3.49. The molecule has 3 aromatic rings. The summed E-state index contributed by atoms with van der Waals surface area (Å²) in [5.41, 5.74) is 1.40. The summed E-state index contributed by atoms with van der Waals surface area (Å²) in [5, 5.41) is 0.0528. The topological polar surface area (TPSA) is 47.9 Å². The fraction of sp³-hybridized carbons (Fsp3) is 0.167. The third-order valence-corrected chi connectivity index (χ3v) is 3.73. The number of ether oxygens (including phenoxy) is 1. The Morgan fingerprint density at radius 3 is 2.48 bits per heavy atom. The molecule has 4 nitrogen and oxygen atoms in total. The molecule has 2 heterocycles. The van der Waals surface area contributed by atoms with Gasteiger partial charge in [0, 0.05) is 22.5 Å². The lowest BCUT2D eigenvalue weighted by molar-refractivity contribution is -0.253. The van der Waals surface area contributed by atoms with Gasteiger partial charge < -0.3 is 4.74 Å². The average molecular weight is 398 g/mol. The number of aromatic nitrogens is 3. The quantitative estimate of drug-likeness (QED) is 0.540. The highest BCUT2D eigenvalue weighted by molar-refractivity contribution is 6.30. The van der Waals surface area contributed by atoms with Gasteiger partial charge in [-0.3, -0.25) is 0 Å². The van der Waals surface area contributed by atoms with Gasteiger partial charge in [0.05, 0.1) is 5.69 Å². The van der Waals surface area contributed by atoms with E-state index in [0.29, 0.717) is 11.5 Å². The standard InChI is InChI=1S/C18H12ClF4N3O/c1-10-7-8-24-16(25-10)14-4-2-3-13(26-14)12-6-5-11(19)9-15(12)27-18(22,23)17(20)21/h2-9,17H,1H3. The van der Waals surface area contributed by atoms with E-state index in [-0.39, 0.29) is 16.3 Å². The van der Waals surface area contributed by atoms with Crippen molar-refractivity contribution in [1.82, 2.24) is 15.0 Å². The largest absolute Gasteiger partial charge is 0.461 e. The Morgan fingerprint density at radius 1 is 1.04 bits per heavy atom. The second-order valence-electron chi connectivity index (χ2n) is 5.53. The third kappa shape index (κ3) is 4.33. The molecule has 27 heavy (non-hydrogen) atoms. The van der Waals surface area contributed by atoms with Gasteiger partial charge in [-0.2, -0.15) is 17.6 Å². The first-order valence-corrected chi connectivity index (χ1v) is 8.06. The zero-order valence-corrected chi connectivity index (χ0v) is 14.6. The molecular formula is C18H12ClF4N3O. The Labute approximate surface area is 156 Å². The van der Waals surface area contributed by atoms with Crippen LogP contribution in [0, 0.1) is 6.92 Å². The summed E-state index contributed by atoms with van der Waals surface area (Å²) in [6.45, 7) is 1.78. The van der Waals surface area contributed by atoms with Gasteiger partial charge in [-0.05, 0) is 43.3 Å². The zero-order valence-electron chi connectivity index (χ0n) is 13.8. The maximum absolute atomic E-state index is 13.4. The highest BCUT2D eigenvalue weighted by Crippen LogP contribution is 2.37. The fourth-order valence-corrected chi connectivity index (χ4v) is 2.43. The Balaban J connectivity index is 2.05. The summed E-state index contributed by atoms with van der Waals surface area (Å²) in [7, 11) is 0. The minimum atomic E-state index is -4.67. The van der Waals surface area contributed by atoms with Gasteiger partial charge in [0.25, 0.3) is 0 Å². The van der Waals surface area contributed by atoms with Crippen molar-refractivity contribution in [3.63, 3.8) is 0 Å². The number of nitrogens with zero attached hydrogens (tertiary/aromatic N) is 3. The van der Waals surface area contributed by atoms with Crippen LogP contribution in [0.2, 0.25) is 5.02 Å². The molecule has 0 unspecified atom stereocenters. The lowest BCUT2D eigenvalue weighted by Crippen LogP contribution is -2.33. The van der Waals surface area contributed by atoms with Gasteiger partial charge in [-0.25, -0.2) is 15.0 Å². The molecule has 0 atom stereocenters. The van der Waals surface area contributed by atoms with E-state index in [1.165, 1.54) is 18.2 Å². The lowest BCUT2D eigenvalue weighted by atomic mass is 10.1. The number of hydrogen-bond acceptors (Lipinski definition) is 4. The molecule has 1 aromatic carbocycles. The van der Waals surface area contributed by atoms with Crippen molar-refractivity contribution in [1.29, 1.82) is 0 Å². The van der Waals surface area contributed by atoms with Gasteiger partial charge in [0.2, 0.25) is 0 Å². The summed E-state index contributed by atoms with van der Waals surface area (Å²) in [5.74, 6) is -0.172. The van der Waals surface area contributed by atoms with Crippen LogP contribution in [-0.2, 0) is 0 Å². The Hall–Kier alpha value is -2.74. The highest BCUT2D eigenvalue weighted by atomic mass is 35.5. The summed E-state index contributed by atoms with van der Waals surface area (Å²) < 4.78 is 56.1. The smallest absolute Gasteiger partial charge is 0.428 e. The second kappa shape index (κ2) is 7.48. The molecule has 140 valence electrons. The molecule has 0 amide bonds. The van der Waals surface area contributed by atoms with E-state index in [4.69, 9.17) is 11.6 Å². The van der Waals surface area contributed by atoms with E-state index < -0.39 is 18.3 Å². The van der Waals surface area contributed by atoms with E-state index in [1.807, 2.05) is 0 Å². The molecule has 0 N–H and O–H groups in total. The van der Waals surface area contributed by atoms with Crippen molar-refractivity contribution in [3.8, 4) is 28.5 Å². The molecule has 0 aliphatic heterocycles. The molecular weight excluding hydrogens is 386 g/mol. The number of pyridine rings is 1. The first-order chi connectivity index (χ1) is 12.8. The van der Waals surface area contributed by atoms with Gasteiger partial charge in [-0.1, -0.05) is 17.7 Å². The minimum Gasteiger partial charge on any atom is -0.428 e. The van der Waals surface area contributed by atoms with Crippen molar-refractivity contribution in [2.75, 3.05) is 0 Å². The molecule has 2 aromatic heterocycles. The monoisotopic (exact) mass is 397 g/mol. The highest BCUT2D eigenvalue weighted by Gasteiger charge is 2.44. The minimum absolute atomic E-state index is 0.0528. The number of alkyl halides is 4. The molecule has 9 heteroatoms. The lowest BCUT2D eigenvalue weighted by Gasteiger charge is -2.19. The normalized spacial score (nSPS) is 11.7. The van der Waals surface area contributed by atoms with Gasteiger partial charge in [0.15, 0.2) is 5.82 Å². The molecule has 0 aliphatic carbocycles. The Kier molecular flexibility index (Phi) is 5.27. The van der Waals surface area contributed by atoms with Crippen molar-refractivity contribution in [3.05, 3.63) is 59.4 Å².